The van der Waals surface area contributed by atoms with Gasteiger partial charge in [0.15, 0.2) is 5.88 Å². The summed E-state index contributed by atoms with van der Waals surface area (Å²) in [6.07, 6.45) is -1.39. The minimum absolute atomic E-state index is 0.186. The summed E-state index contributed by atoms with van der Waals surface area (Å²) in [5.74, 6) is 1.51. The van der Waals surface area contributed by atoms with Gasteiger partial charge < -0.3 is 24.4 Å². The molecule has 3 heterocycles. The molecule has 2 aliphatic rings. The van der Waals surface area contributed by atoms with E-state index in [1.807, 2.05) is 37.3 Å². The van der Waals surface area contributed by atoms with Crippen LogP contribution in [-0.2, 0) is 11.3 Å². The Balaban J connectivity index is 1.43. The number of likely N-dealkylation sites (N-methyl/N-ethyl adjacent to an activating group) is 1. The van der Waals surface area contributed by atoms with Crippen molar-refractivity contribution >= 4 is 5.69 Å². The van der Waals surface area contributed by atoms with Crippen molar-refractivity contribution in [2.75, 3.05) is 31.6 Å². The molecule has 0 amide bonds. The predicted molar refractivity (Wildman–Crippen MR) is 118 cm³/mol. The van der Waals surface area contributed by atoms with Crippen LogP contribution in [-0.4, -0.2) is 54.0 Å². The van der Waals surface area contributed by atoms with Crippen LogP contribution >= 0.6 is 0 Å². The van der Waals surface area contributed by atoms with E-state index in [9.17, 15) is 18.3 Å². The van der Waals surface area contributed by atoms with Crippen LogP contribution in [0.1, 0.15) is 17.7 Å². The van der Waals surface area contributed by atoms with Crippen molar-refractivity contribution in [3.63, 3.8) is 0 Å². The molecule has 176 valence electrons. The number of para-hydroxylation sites is 1. The lowest BCUT2D eigenvalue weighted by atomic mass is 10.2. The van der Waals surface area contributed by atoms with E-state index in [0.717, 1.165) is 17.3 Å². The Kier molecular flexibility index (Phi) is 6.51. The van der Waals surface area contributed by atoms with E-state index in [1.54, 1.807) is 13.1 Å². The van der Waals surface area contributed by atoms with Gasteiger partial charge >= 0.3 is 6.18 Å². The summed E-state index contributed by atoms with van der Waals surface area (Å²) >= 11 is 0. The Hall–Kier alpha value is -3.20. The highest BCUT2D eigenvalue weighted by Gasteiger charge is 2.36. The van der Waals surface area contributed by atoms with Crippen LogP contribution in [0.15, 0.2) is 60.0 Å². The summed E-state index contributed by atoms with van der Waals surface area (Å²) in [6, 6.07) is 11.2. The fourth-order valence-corrected chi connectivity index (χ4v) is 3.93. The molecule has 2 aliphatic heterocycles. The summed E-state index contributed by atoms with van der Waals surface area (Å²) in [5.41, 5.74) is 1.66. The minimum Gasteiger partial charge on any atom is -0.474 e. The molecule has 1 fully saturated rings. The second-order valence-corrected chi connectivity index (χ2v) is 8.17. The first-order valence-electron chi connectivity index (χ1n) is 10.7. The summed E-state index contributed by atoms with van der Waals surface area (Å²) < 4.78 is 50.6. The highest BCUT2D eigenvalue weighted by molar-refractivity contribution is 5.53. The average Bonchev–Trinajstić information content (AvgIpc) is 3.24. The minimum atomic E-state index is -4.34. The Morgan fingerprint density at radius 2 is 1.94 bits per heavy atom. The van der Waals surface area contributed by atoms with Gasteiger partial charge in [-0.15, -0.1) is 0 Å². The van der Waals surface area contributed by atoms with Gasteiger partial charge in [0.1, 0.15) is 11.9 Å². The van der Waals surface area contributed by atoms with Crippen LogP contribution < -0.4 is 9.64 Å². The maximum absolute atomic E-state index is 12.9. The van der Waals surface area contributed by atoms with E-state index in [1.165, 1.54) is 11.0 Å². The van der Waals surface area contributed by atoms with Gasteiger partial charge in [0.05, 0.1) is 36.7 Å². The topological polar surface area (TPSA) is 58.1 Å². The van der Waals surface area contributed by atoms with Crippen molar-refractivity contribution in [2.45, 2.75) is 32.2 Å². The normalized spacial score (nSPS) is 18.8. The van der Waals surface area contributed by atoms with Crippen molar-refractivity contribution in [1.82, 2.24) is 9.88 Å². The first-order chi connectivity index (χ1) is 15.7. The standard InChI is InChI=1S/C24H26F3N3O3/c1-16-5-3-4-6-21(16)33-22-9-8-20(19(15-31)28-22)30-12-11-18(14-30)32-23-10-7-17(13-29(23)2)24(25,26)27/h3-10,18,31H,11-15H2,1-2H3/t18-/m0/s1. The van der Waals surface area contributed by atoms with Gasteiger partial charge in [-0.25, -0.2) is 4.98 Å². The number of aromatic nitrogens is 1. The molecule has 0 radical (unpaired) electrons. The summed E-state index contributed by atoms with van der Waals surface area (Å²) in [5, 5.41) is 9.89. The lowest BCUT2D eigenvalue weighted by molar-refractivity contribution is -0.0965. The number of benzene rings is 1. The number of hydrogen-bond acceptors (Lipinski definition) is 6. The number of rotatable bonds is 6. The molecule has 6 nitrogen and oxygen atoms in total. The monoisotopic (exact) mass is 461 g/mol. The molecular weight excluding hydrogens is 435 g/mol. The number of anilines is 1. The van der Waals surface area contributed by atoms with E-state index in [-0.39, 0.29) is 19.3 Å². The third kappa shape index (κ3) is 5.24. The second-order valence-electron chi connectivity index (χ2n) is 8.17. The van der Waals surface area contributed by atoms with Crippen LogP contribution in [0.4, 0.5) is 18.9 Å². The first-order valence-corrected chi connectivity index (χ1v) is 10.7. The second kappa shape index (κ2) is 9.35. The van der Waals surface area contributed by atoms with Gasteiger partial charge in [-0.1, -0.05) is 18.2 Å². The summed E-state index contributed by atoms with van der Waals surface area (Å²) in [4.78, 5) is 7.99. The Bertz CT molecular complexity index is 1070. The number of aliphatic hydroxyl groups is 1. The maximum atomic E-state index is 12.9. The zero-order valence-electron chi connectivity index (χ0n) is 18.5. The van der Waals surface area contributed by atoms with Crippen LogP contribution in [0, 0.1) is 6.92 Å². The van der Waals surface area contributed by atoms with Crippen LogP contribution in [0.3, 0.4) is 0 Å². The van der Waals surface area contributed by atoms with Gasteiger partial charge in [-0.05, 0) is 36.8 Å². The quantitative estimate of drug-likeness (QED) is 0.682. The fraction of sp³-hybridized carbons (Fsp3) is 0.375. The molecular formula is C24H26F3N3O3. The largest absolute Gasteiger partial charge is 0.474 e. The van der Waals surface area contributed by atoms with Crippen LogP contribution in [0.5, 0.6) is 11.6 Å². The Morgan fingerprint density at radius 1 is 1.15 bits per heavy atom. The zero-order chi connectivity index (χ0) is 23.6. The van der Waals surface area contributed by atoms with Crippen LogP contribution in [0.25, 0.3) is 0 Å². The molecule has 0 saturated carbocycles. The molecule has 0 aliphatic carbocycles. The van der Waals surface area contributed by atoms with Gasteiger partial charge in [0.2, 0.25) is 5.88 Å². The molecule has 4 rings (SSSR count). The predicted octanol–water partition coefficient (Wildman–Crippen LogP) is 4.55. The number of alkyl halides is 3. The highest BCUT2D eigenvalue weighted by Crippen LogP contribution is 2.32. The van der Waals surface area contributed by atoms with E-state index < -0.39 is 11.7 Å². The molecule has 1 aromatic heterocycles. The Labute approximate surface area is 190 Å². The molecule has 1 saturated heterocycles. The molecule has 33 heavy (non-hydrogen) atoms. The molecule has 9 heteroatoms. The lowest BCUT2D eigenvalue weighted by Crippen LogP contribution is -2.32. The molecule has 1 aromatic carbocycles. The van der Waals surface area contributed by atoms with Crippen molar-refractivity contribution in [1.29, 1.82) is 0 Å². The van der Waals surface area contributed by atoms with E-state index in [2.05, 4.69) is 9.88 Å². The number of nitrogens with zero attached hydrogens (tertiary/aromatic N) is 3. The molecule has 0 spiro atoms. The molecule has 1 atom stereocenters. The smallest absolute Gasteiger partial charge is 0.414 e. The molecule has 0 unspecified atom stereocenters. The van der Waals surface area contributed by atoms with Crippen molar-refractivity contribution in [2.24, 2.45) is 0 Å². The maximum Gasteiger partial charge on any atom is 0.414 e. The van der Waals surface area contributed by atoms with Gasteiger partial charge in [0.25, 0.3) is 0 Å². The van der Waals surface area contributed by atoms with Crippen molar-refractivity contribution in [3.8, 4) is 11.6 Å². The molecule has 0 bridgehead atoms. The number of pyridine rings is 1. The van der Waals surface area contributed by atoms with Crippen LogP contribution in [0.2, 0.25) is 0 Å². The highest BCUT2D eigenvalue weighted by atomic mass is 19.4. The number of aliphatic hydroxyl groups excluding tert-OH is 1. The average molecular weight is 461 g/mol. The SMILES string of the molecule is Cc1ccccc1Oc1ccc(N2CC[C@H](OC3=CC=C(C(F)(F)F)CN3C)C2)c(CO)n1. The van der Waals surface area contributed by atoms with Crippen molar-refractivity contribution in [3.05, 3.63) is 71.3 Å². The van der Waals surface area contributed by atoms with Gasteiger partial charge in [-0.3, -0.25) is 0 Å². The number of hydrogen-bond donors (Lipinski definition) is 1. The van der Waals surface area contributed by atoms with E-state index in [4.69, 9.17) is 9.47 Å². The molecule has 2 aromatic rings. The third-order valence-electron chi connectivity index (χ3n) is 5.73. The number of allylic oxidation sites excluding steroid dienone is 2. The van der Waals surface area contributed by atoms with E-state index >= 15 is 0 Å². The number of aryl methyl sites for hydroxylation is 1. The fourth-order valence-electron chi connectivity index (χ4n) is 3.93. The van der Waals surface area contributed by atoms with Gasteiger partial charge in [-0.2, -0.15) is 13.2 Å². The molecule has 1 N–H and O–H groups in total. The summed E-state index contributed by atoms with van der Waals surface area (Å²) in [7, 11) is 1.58. The zero-order valence-corrected chi connectivity index (χ0v) is 18.5. The van der Waals surface area contributed by atoms with Gasteiger partial charge in [0, 0.05) is 26.1 Å². The van der Waals surface area contributed by atoms with E-state index in [0.29, 0.717) is 42.7 Å². The number of halogens is 3. The third-order valence-corrected chi connectivity index (χ3v) is 5.73. The lowest BCUT2D eigenvalue weighted by Gasteiger charge is -2.29. The number of ether oxygens (including phenoxy) is 2. The van der Waals surface area contributed by atoms with Crippen molar-refractivity contribution < 1.29 is 27.8 Å². The Morgan fingerprint density at radius 3 is 2.64 bits per heavy atom. The first kappa shape index (κ1) is 23.0. The summed E-state index contributed by atoms with van der Waals surface area (Å²) in [6.45, 7) is 2.67.